The van der Waals surface area contributed by atoms with Crippen molar-refractivity contribution in [2.24, 2.45) is 0 Å². The number of carbonyl (C=O) groups excluding carboxylic acids is 2. The Morgan fingerprint density at radius 3 is 2.20 bits per heavy atom. The van der Waals surface area contributed by atoms with Crippen LogP contribution in [0.4, 0.5) is 8.78 Å². The second-order valence-corrected chi connectivity index (χ2v) is 4.05. The van der Waals surface area contributed by atoms with Crippen molar-refractivity contribution in [3.63, 3.8) is 0 Å². The summed E-state index contributed by atoms with van der Waals surface area (Å²) < 4.78 is 31.9. The number of ether oxygens (including phenoxy) is 1. The Bertz CT molecular complexity index is 660. The molecule has 102 valence electrons. The lowest BCUT2D eigenvalue weighted by Crippen LogP contribution is -2.08. The Morgan fingerprint density at radius 1 is 1.00 bits per heavy atom. The van der Waals surface area contributed by atoms with E-state index in [1.165, 1.54) is 37.3 Å². The van der Waals surface area contributed by atoms with Crippen molar-refractivity contribution in [3.8, 4) is 5.75 Å². The molecule has 0 atom stereocenters. The highest BCUT2D eigenvalue weighted by molar-refractivity contribution is 6.09. The molecule has 0 fully saturated rings. The molecule has 0 amide bonds. The minimum absolute atomic E-state index is 0.0350. The van der Waals surface area contributed by atoms with Crippen molar-refractivity contribution in [1.29, 1.82) is 0 Å². The zero-order valence-electron chi connectivity index (χ0n) is 10.5. The molecule has 0 heterocycles. The van der Waals surface area contributed by atoms with Crippen LogP contribution >= 0.6 is 0 Å². The van der Waals surface area contributed by atoms with Gasteiger partial charge in [-0.2, -0.15) is 0 Å². The fraction of sp³-hybridized carbons (Fsp3) is 0.0667. The van der Waals surface area contributed by atoms with Gasteiger partial charge >= 0.3 is 5.97 Å². The molecule has 0 unspecified atom stereocenters. The molecule has 0 N–H and O–H groups in total. The van der Waals surface area contributed by atoms with Crippen molar-refractivity contribution in [2.75, 3.05) is 0 Å². The molecule has 0 spiro atoms. The minimum Gasteiger partial charge on any atom is -0.427 e. The summed E-state index contributed by atoms with van der Waals surface area (Å²) in [4.78, 5) is 23.0. The number of hydrogen-bond acceptors (Lipinski definition) is 3. The largest absolute Gasteiger partial charge is 0.427 e. The van der Waals surface area contributed by atoms with Crippen LogP contribution in [0.3, 0.4) is 0 Å². The minimum atomic E-state index is -0.937. The molecular weight excluding hydrogens is 266 g/mol. The topological polar surface area (TPSA) is 43.4 Å². The number of esters is 1. The van der Waals surface area contributed by atoms with Gasteiger partial charge in [0.05, 0.1) is 5.56 Å². The second kappa shape index (κ2) is 5.61. The van der Waals surface area contributed by atoms with Gasteiger partial charge in [0.15, 0.2) is 5.78 Å². The third-order valence-corrected chi connectivity index (χ3v) is 2.55. The lowest BCUT2D eigenvalue weighted by molar-refractivity contribution is -0.131. The molecule has 0 aromatic heterocycles. The molecule has 0 bridgehead atoms. The Labute approximate surface area is 113 Å². The standard InChI is InChI=1S/C15H10F2O3/c1-9(18)20-11-5-2-4-10(8-11)15(19)14-12(16)6-3-7-13(14)17/h2-8H,1H3. The van der Waals surface area contributed by atoms with Gasteiger partial charge in [0.2, 0.25) is 0 Å². The number of hydrogen-bond donors (Lipinski definition) is 0. The Balaban J connectivity index is 2.41. The van der Waals surface area contributed by atoms with Crippen LogP contribution < -0.4 is 4.74 Å². The Hall–Kier alpha value is -2.56. The van der Waals surface area contributed by atoms with Crippen LogP contribution in [-0.2, 0) is 4.79 Å². The summed E-state index contributed by atoms with van der Waals surface area (Å²) in [5.41, 5.74) is -0.597. The van der Waals surface area contributed by atoms with Crippen molar-refractivity contribution in [1.82, 2.24) is 0 Å². The summed E-state index contributed by atoms with van der Waals surface area (Å²) in [7, 11) is 0. The highest BCUT2D eigenvalue weighted by Crippen LogP contribution is 2.20. The van der Waals surface area contributed by atoms with E-state index in [2.05, 4.69) is 0 Å². The smallest absolute Gasteiger partial charge is 0.308 e. The molecule has 2 rings (SSSR count). The third kappa shape index (κ3) is 2.88. The van der Waals surface area contributed by atoms with E-state index >= 15 is 0 Å². The molecule has 0 saturated carbocycles. The van der Waals surface area contributed by atoms with Gasteiger partial charge < -0.3 is 4.74 Å². The molecule has 0 saturated heterocycles. The molecule has 0 aliphatic heterocycles. The van der Waals surface area contributed by atoms with E-state index in [1.807, 2.05) is 0 Å². The third-order valence-electron chi connectivity index (χ3n) is 2.55. The second-order valence-electron chi connectivity index (χ2n) is 4.05. The predicted octanol–water partition coefficient (Wildman–Crippen LogP) is 3.12. The number of rotatable bonds is 3. The van der Waals surface area contributed by atoms with E-state index in [4.69, 9.17) is 4.74 Å². The summed E-state index contributed by atoms with van der Waals surface area (Å²) >= 11 is 0. The summed E-state index contributed by atoms with van der Waals surface area (Å²) in [6.07, 6.45) is 0. The monoisotopic (exact) mass is 276 g/mol. The van der Waals surface area contributed by atoms with Crippen LogP contribution in [0.15, 0.2) is 42.5 Å². The van der Waals surface area contributed by atoms with Crippen LogP contribution in [0, 0.1) is 11.6 Å². The highest BCUT2D eigenvalue weighted by Gasteiger charge is 2.19. The summed E-state index contributed by atoms with van der Waals surface area (Å²) in [5.74, 6) is -3.10. The first-order valence-electron chi connectivity index (χ1n) is 5.76. The average molecular weight is 276 g/mol. The van der Waals surface area contributed by atoms with E-state index < -0.39 is 29.0 Å². The lowest BCUT2D eigenvalue weighted by Gasteiger charge is -2.06. The van der Waals surface area contributed by atoms with Gasteiger partial charge in [0.1, 0.15) is 17.4 Å². The van der Waals surface area contributed by atoms with Crippen molar-refractivity contribution in [3.05, 3.63) is 65.2 Å². The van der Waals surface area contributed by atoms with Crippen LogP contribution in [0.25, 0.3) is 0 Å². The average Bonchev–Trinajstić information content (AvgIpc) is 2.38. The van der Waals surface area contributed by atoms with Crippen molar-refractivity contribution >= 4 is 11.8 Å². The van der Waals surface area contributed by atoms with Gasteiger partial charge in [-0.25, -0.2) is 8.78 Å². The summed E-state index contributed by atoms with van der Waals surface area (Å²) in [5, 5.41) is 0. The van der Waals surface area contributed by atoms with Crippen molar-refractivity contribution < 1.29 is 23.1 Å². The van der Waals surface area contributed by atoms with Gasteiger partial charge in [0.25, 0.3) is 0 Å². The molecule has 5 heteroatoms. The molecule has 0 aliphatic rings. The first kappa shape index (κ1) is 13.9. The van der Waals surface area contributed by atoms with Gasteiger partial charge in [0, 0.05) is 12.5 Å². The van der Waals surface area contributed by atoms with Gasteiger partial charge in [-0.15, -0.1) is 0 Å². The first-order chi connectivity index (χ1) is 9.49. The van der Waals surface area contributed by atoms with Crippen LogP contribution in [-0.4, -0.2) is 11.8 Å². The van der Waals surface area contributed by atoms with Gasteiger partial charge in [-0.05, 0) is 24.3 Å². The summed E-state index contributed by atoms with van der Waals surface area (Å²) in [6, 6.07) is 8.77. The number of halogens is 2. The first-order valence-corrected chi connectivity index (χ1v) is 5.76. The van der Waals surface area contributed by atoms with E-state index in [9.17, 15) is 18.4 Å². The number of ketones is 1. The van der Waals surface area contributed by atoms with Crippen LogP contribution in [0.5, 0.6) is 5.75 Å². The fourth-order valence-corrected chi connectivity index (χ4v) is 1.73. The molecule has 0 aliphatic carbocycles. The zero-order valence-corrected chi connectivity index (χ0v) is 10.5. The highest BCUT2D eigenvalue weighted by atomic mass is 19.1. The Morgan fingerprint density at radius 2 is 1.60 bits per heavy atom. The number of benzene rings is 2. The molecule has 3 nitrogen and oxygen atoms in total. The van der Waals surface area contributed by atoms with Crippen LogP contribution in [0.2, 0.25) is 0 Å². The van der Waals surface area contributed by atoms with E-state index in [0.29, 0.717) is 0 Å². The SMILES string of the molecule is CC(=O)Oc1cccc(C(=O)c2c(F)cccc2F)c1. The van der Waals surface area contributed by atoms with Crippen LogP contribution in [0.1, 0.15) is 22.8 Å². The fourth-order valence-electron chi connectivity index (χ4n) is 1.73. The van der Waals surface area contributed by atoms with E-state index in [0.717, 1.165) is 12.1 Å². The van der Waals surface area contributed by atoms with Gasteiger partial charge in [-0.1, -0.05) is 18.2 Å². The molecule has 2 aromatic rings. The Kier molecular flexibility index (Phi) is 3.89. The van der Waals surface area contributed by atoms with E-state index in [-0.39, 0.29) is 11.3 Å². The molecule has 20 heavy (non-hydrogen) atoms. The maximum Gasteiger partial charge on any atom is 0.308 e. The predicted molar refractivity (Wildman–Crippen MR) is 67.5 cm³/mol. The quantitative estimate of drug-likeness (QED) is 0.491. The maximum atomic E-state index is 13.6. The summed E-state index contributed by atoms with van der Waals surface area (Å²) in [6.45, 7) is 1.21. The molecule has 0 radical (unpaired) electrons. The van der Waals surface area contributed by atoms with Gasteiger partial charge in [-0.3, -0.25) is 9.59 Å². The van der Waals surface area contributed by atoms with Crippen molar-refractivity contribution in [2.45, 2.75) is 6.92 Å². The number of carbonyl (C=O) groups is 2. The lowest BCUT2D eigenvalue weighted by atomic mass is 10.0. The normalized spacial score (nSPS) is 10.2. The molecular formula is C15H10F2O3. The molecule has 2 aromatic carbocycles. The maximum absolute atomic E-state index is 13.6. The zero-order chi connectivity index (χ0) is 14.7. The van der Waals surface area contributed by atoms with E-state index in [1.54, 1.807) is 0 Å².